The molecule has 0 radical (unpaired) electrons. The van der Waals surface area contributed by atoms with Crippen molar-refractivity contribution in [3.63, 3.8) is 0 Å². The number of benzene rings is 2. The number of hydrogen-bond donors (Lipinski definition) is 0. The molecule has 0 aliphatic heterocycles. The summed E-state index contributed by atoms with van der Waals surface area (Å²) in [6, 6.07) is 14.1. The van der Waals surface area contributed by atoms with Crippen molar-refractivity contribution in [2.24, 2.45) is 0 Å². The molecule has 0 spiro atoms. The van der Waals surface area contributed by atoms with E-state index in [0.29, 0.717) is 15.7 Å². The maximum absolute atomic E-state index is 13.0. The molecule has 0 saturated carbocycles. The minimum Gasteiger partial charge on any atom is -0.345 e. The summed E-state index contributed by atoms with van der Waals surface area (Å²) >= 11 is 1.00. The van der Waals surface area contributed by atoms with Crippen molar-refractivity contribution in [2.45, 2.75) is 16.1 Å². The van der Waals surface area contributed by atoms with Gasteiger partial charge in [-0.15, -0.1) is 0 Å². The average Bonchev–Trinajstić information content (AvgIpc) is 2.67. The van der Waals surface area contributed by atoms with Gasteiger partial charge >= 0.3 is 6.18 Å². The Bertz CT molecular complexity index is 991. The number of carbonyl (C=O) groups excluding carboxylic acids is 1. The van der Waals surface area contributed by atoms with Crippen LogP contribution in [0.25, 0.3) is 11.4 Å². The van der Waals surface area contributed by atoms with Crippen molar-refractivity contribution in [1.29, 1.82) is 0 Å². The zero-order chi connectivity index (χ0) is 20.3. The van der Waals surface area contributed by atoms with Gasteiger partial charge < -0.3 is 4.90 Å². The summed E-state index contributed by atoms with van der Waals surface area (Å²) in [5.41, 5.74) is 0.222. The summed E-state index contributed by atoms with van der Waals surface area (Å²) in [5.74, 6) is 0.0690. The molecule has 1 amide bonds. The van der Waals surface area contributed by atoms with Crippen LogP contribution in [0.2, 0.25) is 0 Å². The molecule has 0 fully saturated rings. The Morgan fingerprint density at radius 3 is 2.39 bits per heavy atom. The van der Waals surface area contributed by atoms with Gasteiger partial charge in [0.2, 0.25) is 0 Å². The molecule has 0 unspecified atom stereocenters. The third kappa shape index (κ3) is 4.51. The molecule has 4 nitrogen and oxygen atoms in total. The number of alkyl halides is 3. The van der Waals surface area contributed by atoms with E-state index in [1.807, 2.05) is 30.3 Å². The first-order valence-electron chi connectivity index (χ1n) is 8.25. The lowest BCUT2D eigenvalue weighted by molar-refractivity contribution is -0.137. The highest BCUT2D eigenvalue weighted by atomic mass is 32.2. The zero-order valence-electron chi connectivity index (χ0n) is 15.1. The van der Waals surface area contributed by atoms with E-state index in [1.165, 1.54) is 17.2 Å². The minimum absolute atomic E-state index is 0.229. The molecule has 0 bridgehead atoms. The monoisotopic (exact) mass is 403 g/mol. The second kappa shape index (κ2) is 8.02. The standard InChI is InChI=1S/C20H16F3N3OS/c1-26(2)19(27)16-12-24-17(13-7-4-3-5-8-13)25-18(16)28-15-10-6-9-14(11-15)20(21,22)23/h3-12H,1-2H3. The van der Waals surface area contributed by atoms with E-state index in [-0.39, 0.29) is 11.5 Å². The topological polar surface area (TPSA) is 46.1 Å². The second-order valence-electron chi connectivity index (χ2n) is 6.11. The largest absolute Gasteiger partial charge is 0.416 e. The van der Waals surface area contributed by atoms with E-state index in [9.17, 15) is 18.0 Å². The average molecular weight is 403 g/mol. The van der Waals surface area contributed by atoms with Gasteiger partial charge in [0.1, 0.15) is 5.03 Å². The third-order valence-electron chi connectivity index (χ3n) is 3.80. The molecule has 0 N–H and O–H groups in total. The predicted molar refractivity (Wildman–Crippen MR) is 101 cm³/mol. The molecule has 8 heteroatoms. The summed E-state index contributed by atoms with van der Waals surface area (Å²) in [4.78, 5) is 22.9. The molecule has 1 aromatic heterocycles. The summed E-state index contributed by atoms with van der Waals surface area (Å²) in [7, 11) is 3.18. The predicted octanol–water partition coefficient (Wildman–Crippen LogP) is 5.02. The van der Waals surface area contributed by atoms with Crippen LogP contribution >= 0.6 is 11.8 Å². The van der Waals surface area contributed by atoms with E-state index >= 15 is 0 Å². The Morgan fingerprint density at radius 2 is 1.75 bits per heavy atom. The molecule has 0 saturated heterocycles. The fraction of sp³-hybridized carbons (Fsp3) is 0.150. The lowest BCUT2D eigenvalue weighted by atomic mass is 10.2. The summed E-state index contributed by atoms with van der Waals surface area (Å²) < 4.78 is 39.0. The van der Waals surface area contributed by atoms with Crippen LogP contribution in [0, 0.1) is 0 Å². The quantitative estimate of drug-likeness (QED) is 0.574. The Labute approximate surface area is 164 Å². The Kier molecular flexibility index (Phi) is 5.69. The first-order valence-corrected chi connectivity index (χ1v) is 9.06. The van der Waals surface area contributed by atoms with Gasteiger partial charge in [-0.2, -0.15) is 13.2 Å². The number of amides is 1. The third-order valence-corrected chi connectivity index (χ3v) is 4.79. The molecule has 28 heavy (non-hydrogen) atoms. The maximum atomic E-state index is 13.0. The van der Waals surface area contributed by atoms with Crippen molar-refractivity contribution in [1.82, 2.24) is 14.9 Å². The Morgan fingerprint density at radius 1 is 1.04 bits per heavy atom. The lowest BCUT2D eigenvalue weighted by Gasteiger charge is -2.14. The van der Waals surface area contributed by atoms with Crippen LogP contribution in [0.1, 0.15) is 15.9 Å². The minimum atomic E-state index is -4.44. The smallest absolute Gasteiger partial charge is 0.345 e. The number of halogens is 3. The van der Waals surface area contributed by atoms with Gasteiger partial charge in [0.15, 0.2) is 5.82 Å². The van der Waals surface area contributed by atoms with Gasteiger partial charge in [-0.05, 0) is 18.2 Å². The molecule has 1 heterocycles. The molecule has 2 aromatic carbocycles. The number of hydrogen-bond acceptors (Lipinski definition) is 4. The molecule has 0 aliphatic carbocycles. The zero-order valence-corrected chi connectivity index (χ0v) is 15.9. The highest BCUT2D eigenvalue weighted by Crippen LogP contribution is 2.35. The van der Waals surface area contributed by atoms with Gasteiger partial charge in [0.05, 0.1) is 11.1 Å². The Balaban J connectivity index is 2.05. The van der Waals surface area contributed by atoms with Crippen molar-refractivity contribution >= 4 is 17.7 Å². The van der Waals surface area contributed by atoms with Gasteiger partial charge in [0, 0.05) is 30.8 Å². The lowest BCUT2D eigenvalue weighted by Crippen LogP contribution is -2.23. The second-order valence-corrected chi connectivity index (χ2v) is 7.17. The summed E-state index contributed by atoms with van der Waals surface area (Å²) in [6.07, 6.45) is -3.03. The van der Waals surface area contributed by atoms with E-state index in [1.54, 1.807) is 20.2 Å². The van der Waals surface area contributed by atoms with Crippen LogP contribution in [-0.2, 0) is 6.18 Å². The number of aromatic nitrogens is 2. The summed E-state index contributed by atoms with van der Waals surface area (Å²) in [6.45, 7) is 0. The first kappa shape index (κ1) is 19.9. The van der Waals surface area contributed by atoms with E-state index in [2.05, 4.69) is 9.97 Å². The van der Waals surface area contributed by atoms with E-state index in [0.717, 1.165) is 29.5 Å². The molecule has 0 atom stereocenters. The molecule has 3 rings (SSSR count). The SMILES string of the molecule is CN(C)C(=O)c1cnc(-c2ccccc2)nc1Sc1cccc(C(F)(F)F)c1. The van der Waals surface area contributed by atoms with Crippen LogP contribution < -0.4 is 0 Å². The molecular formula is C20H16F3N3OS. The Hall–Kier alpha value is -2.87. The molecular weight excluding hydrogens is 387 g/mol. The van der Waals surface area contributed by atoms with Crippen molar-refractivity contribution < 1.29 is 18.0 Å². The van der Waals surface area contributed by atoms with Crippen LogP contribution in [0.3, 0.4) is 0 Å². The van der Waals surface area contributed by atoms with Gasteiger partial charge in [-0.3, -0.25) is 4.79 Å². The van der Waals surface area contributed by atoms with Crippen molar-refractivity contribution in [2.75, 3.05) is 14.1 Å². The van der Waals surface area contributed by atoms with Crippen molar-refractivity contribution in [3.8, 4) is 11.4 Å². The van der Waals surface area contributed by atoms with Gasteiger partial charge in [-0.1, -0.05) is 48.2 Å². The van der Waals surface area contributed by atoms with Crippen LogP contribution in [-0.4, -0.2) is 34.9 Å². The number of nitrogens with zero attached hydrogens (tertiary/aromatic N) is 3. The molecule has 0 aliphatic rings. The number of rotatable bonds is 4. The van der Waals surface area contributed by atoms with Crippen LogP contribution in [0.15, 0.2) is 70.7 Å². The maximum Gasteiger partial charge on any atom is 0.416 e. The van der Waals surface area contributed by atoms with Crippen LogP contribution in [0.4, 0.5) is 13.2 Å². The fourth-order valence-corrected chi connectivity index (χ4v) is 3.34. The molecule has 144 valence electrons. The fourth-order valence-electron chi connectivity index (χ4n) is 2.41. The van der Waals surface area contributed by atoms with Gasteiger partial charge in [-0.25, -0.2) is 9.97 Å². The molecule has 3 aromatic rings. The van der Waals surface area contributed by atoms with Crippen LogP contribution in [0.5, 0.6) is 0 Å². The van der Waals surface area contributed by atoms with E-state index < -0.39 is 11.7 Å². The van der Waals surface area contributed by atoms with Crippen molar-refractivity contribution in [3.05, 3.63) is 71.9 Å². The first-order chi connectivity index (χ1) is 13.3. The van der Waals surface area contributed by atoms with E-state index in [4.69, 9.17) is 0 Å². The normalized spacial score (nSPS) is 11.3. The highest BCUT2D eigenvalue weighted by Gasteiger charge is 2.30. The highest BCUT2D eigenvalue weighted by molar-refractivity contribution is 7.99. The number of carbonyl (C=O) groups is 1. The summed E-state index contributed by atoms with van der Waals surface area (Å²) in [5, 5.41) is 0.298. The van der Waals surface area contributed by atoms with Gasteiger partial charge in [0.25, 0.3) is 5.91 Å².